The Labute approximate surface area is 144 Å². The van der Waals surface area contributed by atoms with Crippen LogP contribution in [0.3, 0.4) is 0 Å². The van der Waals surface area contributed by atoms with Crippen molar-refractivity contribution >= 4 is 22.5 Å². The predicted molar refractivity (Wildman–Crippen MR) is 96.6 cm³/mol. The van der Waals surface area contributed by atoms with Crippen molar-refractivity contribution in [3.05, 3.63) is 71.1 Å². The Bertz CT molecular complexity index is 1030. The van der Waals surface area contributed by atoms with Gasteiger partial charge >= 0.3 is 0 Å². The second kappa shape index (κ2) is 5.73. The first-order chi connectivity index (χ1) is 11.6. The zero-order valence-corrected chi connectivity index (χ0v) is 14.1. The van der Waals surface area contributed by atoms with E-state index in [4.69, 9.17) is 11.6 Å². The topological polar surface area (TPSA) is 43.6 Å². The summed E-state index contributed by atoms with van der Waals surface area (Å²) in [6.07, 6.45) is 1.85. The molecule has 0 fully saturated rings. The average Bonchev–Trinajstić information content (AvgIpc) is 2.97. The van der Waals surface area contributed by atoms with E-state index in [2.05, 4.69) is 21.1 Å². The fourth-order valence-electron chi connectivity index (χ4n) is 2.78. The number of nitrogens with zero attached hydrogens (tertiary/aromatic N) is 4. The maximum atomic E-state index is 6.10. The lowest BCUT2D eigenvalue weighted by Gasteiger charge is -2.06. The van der Waals surface area contributed by atoms with Gasteiger partial charge < -0.3 is 0 Å². The van der Waals surface area contributed by atoms with Gasteiger partial charge in [0.25, 0.3) is 0 Å². The summed E-state index contributed by atoms with van der Waals surface area (Å²) in [5, 5.41) is 6.04. The van der Waals surface area contributed by atoms with Gasteiger partial charge in [-0.2, -0.15) is 5.10 Å². The van der Waals surface area contributed by atoms with Crippen molar-refractivity contribution in [2.24, 2.45) is 0 Å². The molecule has 0 radical (unpaired) electrons. The number of rotatable bonds is 2. The lowest BCUT2D eigenvalue weighted by atomic mass is 10.1. The van der Waals surface area contributed by atoms with Gasteiger partial charge in [0.05, 0.1) is 17.4 Å². The van der Waals surface area contributed by atoms with Crippen LogP contribution in [0.15, 0.2) is 54.7 Å². The first-order valence-corrected chi connectivity index (χ1v) is 8.04. The standard InChI is InChI=1S/C19H15ClN4/c1-12-8-16(23-18(20)9-12)14-6-7-15-11-21-24(17(15)10-14)19-5-3-4-13(2)22-19/h3-11H,1-2H3. The molecule has 0 atom stereocenters. The van der Waals surface area contributed by atoms with Crippen LogP contribution in [0.2, 0.25) is 5.15 Å². The summed E-state index contributed by atoms with van der Waals surface area (Å²) in [5.74, 6) is 0.803. The van der Waals surface area contributed by atoms with E-state index in [9.17, 15) is 0 Å². The summed E-state index contributed by atoms with van der Waals surface area (Å²) < 4.78 is 1.85. The lowest BCUT2D eigenvalue weighted by Crippen LogP contribution is -2.00. The smallest absolute Gasteiger partial charge is 0.154 e. The molecule has 4 nitrogen and oxygen atoms in total. The summed E-state index contributed by atoms with van der Waals surface area (Å²) in [6.45, 7) is 3.98. The molecule has 4 aromatic rings. The molecule has 0 N–H and O–H groups in total. The number of aromatic nitrogens is 4. The van der Waals surface area contributed by atoms with Crippen molar-refractivity contribution in [2.75, 3.05) is 0 Å². The van der Waals surface area contributed by atoms with Gasteiger partial charge in [0.15, 0.2) is 5.82 Å². The van der Waals surface area contributed by atoms with E-state index in [0.717, 1.165) is 39.2 Å². The second-order valence-electron chi connectivity index (χ2n) is 5.82. The molecular weight excluding hydrogens is 320 g/mol. The van der Waals surface area contributed by atoms with Gasteiger partial charge in [-0.25, -0.2) is 14.6 Å². The van der Waals surface area contributed by atoms with Crippen LogP contribution in [0.5, 0.6) is 0 Å². The van der Waals surface area contributed by atoms with Crippen molar-refractivity contribution < 1.29 is 0 Å². The maximum absolute atomic E-state index is 6.10. The first-order valence-electron chi connectivity index (χ1n) is 7.66. The van der Waals surface area contributed by atoms with Gasteiger partial charge in [0.2, 0.25) is 0 Å². The molecule has 3 heterocycles. The van der Waals surface area contributed by atoms with Crippen molar-refractivity contribution in [3.63, 3.8) is 0 Å². The molecule has 5 heteroatoms. The third-order valence-corrected chi connectivity index (χ3v) is 4.09. The number of aryl methyl sites for hydroxylation is 2. The highest BCUT2D eigenvalue weighted by molar-refractivity contribution is 6.29. The highest BCUT2D eigenvalue weighted by Crippen LogP contribution is 2.26. The van der Waals surface area contributed by atoms with Crippen LogP contribution >= 0.6 is 11.6 Å². The normalized spacial score (nSPS) is 11.1. The molecule has 0 unspecified atom stereocenters. The summed E-state index contributed by atoms with van der Waals surface area (Å²) in [4.78, 5) is 8.99. The van der Waals surface area contributed by atoms with Gasteiger partial charge in [-0.3, -0.25) is 0 Å². The zero-order valence-electron chi connectivity index (χ0n) is 13.4. The number of hydrogen-bond acceptors (Lipinski definition) is 3. The number of fused-ring (bicyclic) bond motifs is 1. The molecular formula is C19H15ClN4. The Balaban J connectivity index is 1.90. The number of halogens is 1. The molecule has 0 bridgehead atoms. The minimum Gasteiger partial charge on any atom is -0.236 e. The molecule has 0 aliphatic heterocycles. The summed E-state index contributed by atoms with van der Waals surface area (Å²) in [7, 11) is 0. The predicted octanol–water partition coefficient (Wildman–Crippen LogP) is 4.75. The molecule has 4 rings (SSSR count). The monoisotopic (exact) mass is 334 g/mol. The summed E-state index contributed by atoms with van der Waals surface area (Å²) in [5.41, 5.74) is 4.89. The molecule has 0 aliphatic rings. The highest BCUT2D eigenvalue weighted by atomic mass is 35.5. The fraction of sp³-hybridized carbons (Fsp3) is 0.105. The molecule has 24 heavy (non-hydrogen) atoms. The highest BCUT2D eigenvalue weighted by Gasteiger charge is 2.09. The van der Waals surface area contributed by atoms with Gasteiger partial charge in [-0.1, -0.05) is 29.8 Å². The molecule has 0 saturated heterocycles. The van der Waals surface area contributed by atoms with Crippen LogP contribution in [-0.2, 0) is 0 Å². The Morgan fingerprint density at radius 1 is 0.958 bits per heavy atom. The Kier molecular flexibility index (Phi) is 3.54. The van der Waals surface area contributed by atoms with Gasteiger partial charge in [-0.05, 0) is 49.7 Å². The van der Waals surface area contributed by atoms with Crippen LogP contribution < -0.4 is 0 Å². The summed E-state index contributed by atoms with van der Waals surface area (Å²) >= 11 is 6.10. The largest absolute Gasteiger partial charge is 0.236 e. The molecule has 1 aromatic carbocycles. The van der Waals surface area contributed by atoms with Crippen molar-refractivity contribution in [1.29, 1.82) is 0 Å². The van der Waals surface area contributed by atoms with Crippen LogP contribution in [0.1, 0.15) is 11.3 Å². The molecule has 0 amide bonds. The van der Waals surface area contributed by atoms with Crippen LogP contribution in [0.25, 0.3) is 28.0 Å². The van der Waals surface area contributed by atoms with Crippen molar-refractivity contribution in [1.82, 2.24) is 19.7 Å². The molecule has 118 valence electrons. The van der Waals surface area contributed by atoms with Gasteiger partial charge in [0, 0.05) is 16.6 Å². The van der Waals surface area contributed by atoms with E-state index >= 15 is 0 Å². The number of hydrogen-bond donors (Lipinski definition) is 0. The molecule has 0 saturated carbocycles. The maximum Gasteiger partial charge on any atom is 0.154 e. The van der Waals surface area contributed by atoms with E-state index in [1.165, 1.54) is 0 Å². The number of pyridine rings is 2. The third kappa shape index (κ3) is 2.65. The fourth-order valence-corrected chi connectivity index (χ4v) is 3.04. The third-order valence-electron chi connectivity index (χ3n) is 3.90. The van der Waals surface area contributed by atoms with E-state index < -0.39 is 0 Å². The van der Waals surface area contributed by atoms with Crippen LogP contribution in [0.4, 0.5) is 0 Å². The molecule has 3 aromatic heterocycles. The molecule has 0 spiro atoms. The SMILES string of the molecule is Cc1cc(Cl)nc(-c2ccc3cnn(-c4cccc(C)n4)c3c2)c1. The Hall–Kier alpha value is -2.72. The zero-order chi connectivity index (χ0) is 16.7. The summed E-state index contributed by atoms with van der Waals surface area (Å²) in [6, 6.07) is 15.9. The quantitative estimate of drug-likeness (QED) is 0.497. The Morgan fingerprint density at radius 2 is 1.83 bits per heavy atom. The minimum absolute atomic E-state index is 0.499. The van der Waals surface area contributed by atoms with Gasteiger partial charge in [0.1, 0.15) is 5.15 Å². The van der Waals surface area contributed by atoms with Gasteiger partial charge in [-0.15, -0.1) is 0 Å². The second-order valence-corrected chi connectivity index (χ2v) is 6.21. The van der Waals surface area contributed by atoms with Crippen LogP contribution in [-0.4, -0.2) is 19.7 Å². The average molecular weight is 335 g/mol. The van der Waals surface area contributed by atoms with Crippen molar-refractivity contribution in [3.8, 4) is 17.1 Å². The Morgan fingerprint density at radius 3 is 2.62 bits per heavy atom. The van der Waals surface area contributed by atoms with E-state index in [-0.39, 0.29) is 0 Å². The van der Waals surface area contributed by atoms with E-state index in [0.29, 0.717) is 5.15 Å². The van der Waals surface area contributed by atoms with E-state index in [1.807, 2.05) is 67.2 Å². The minimum atomic E-state index is 0.499. The van der Waals surface area contributed by atoms with Crippen molar-refractivity contribution in [2.45, 2.75) is 13.8 Å². The number of benzene rings is 1. The van der Waals surface area contributed by atoms with E-state index in [1.54, 1.807) is 0 Å². The first kappa shape index (κ1) is 14.8. The molecule has 0 aliphatic carbocycles. The van der Waals surface area contributed by atoms with Crippen LogP contribution in [0, 0.1) is 13.8 Å². The lowest BCUT2D eigenvalue weighted by molar-refractivity contribution is 0.867.